The lowest BCUT2D eigenvalue weighted by molar-refractivity contribution is 0.102. The van der Waals surface area contributed by atoms with Gasteiger partial charge in [0.05, 0.1) is 11.9 Å². The number of aromatic nitrogens is 2. The van der Waals surface area contributed by atoms with E-state index >= 15 is 0 Å². The molecule has 1 aromatic carbocycles. The van der Waals surface area contributed by atoms with Crippen molar-refractivity contribution in [3.8, 4) is 0 Å². The third-order valence-electron chi connectivity index (χ3n) is 2.73. The van der Waals surface area contributed by atoms with Gasteiger partial charge in [-0.3, -0.25) is 9.48 Å². The van der Waals surface area contributed by atoms with E-state index in [1.165, 1.54) is 0 Å². The Morgan fingerprint density at radius 3 is 2.47 bits per heavy atom. The molecule has 4 nitrogen and oxygen atoms in total. The third kappa shape index (κ3) is 2.98. The summed E-state index contributed by atoms with van der Waals surface area (Å²) < 4.78 is 1.63. The number of nitrogens with one attached hydrogen (secondary N) is 1. The fraction of sp³-hybridized carbons (Fsp3) is 0.0667. The van der Waals surface area contributed by atoms with E-state index in [-0.39, 0.29) is 5.91 Å². The molecule has 0 saturated heterocycles. The first-order valence-corrected chi connectivity index (χ1v) is 5.82. The minimum absolute atomic E-state index is 0.163. The molecule has 0 aliphatic rings. The molecular weight excluding hydrogens is 238 g/mol. The van der Waals surface area contributed by atoms with Crippen molar-refractivity contribution in [3.63, 3.8) is 0 Å². The van der Waals surface area contributed by atoms with Crippen LogP contribution in [0.25, 0.3) is 5.57 Å². The van der Waals surface area contributed by atoms with Crippen LogP contribution < -0.4 is 5.32 Å². The normalized spacial score (nSPS) is 9.95. The summed E-state index contributed by atoms with van der Waals surface area (Å²) in [5.74, 6) is -0.163. The molecule has 19 heavy (non-hydrogen) atoms. The van der Waals surface area contributed by atoms with Gasteiger partial charge in [0, 0.05) is 18.8 Å². The summed E-state index contributed by atoms with van der Waals surface area (Å²) >= 11 is 0. The summed E-state index contributed by atoms with van der Waals surface area (Å²) in [6.07, 6.45) is 5.03. The van der Waals surface area contributed by atoms with Crippen molar-refractivity contribution in [1.29, 1.82) is 0 Å². The highest BCUT2D eigenvalue weighted by Crippen LogP contribution is 2.15. The SMILES string of the molecule is C=CC(=C)c1ccc(C(=O)Nc2cnn(C)c2)cc1. The Morgan fingerprint density at radius 2 is 1.95 bits per heavy atom. The van der Waals surface area contributed by atoms with Gasteiger partial charge in [0.2, 0.25) is 0 Å². The molecule has 0 saturated carbocycles. The number of aryl methyl sites for hydroxylation is 1. The molecule has 1 aromatic heterocycles. The van der Waals surface area contributed by atoms with Gasteiger partial charge in [-0.2, -0.15) is 5.10 Å². The van der Waals surface area contributed by atoms with Gasteiger partial charge in [-0.25, -0.2) is 0 Å². The van der Waals surface area contributed by atoms with Crippen LogP contribution in [0, 0.1) is 0 Å². The molecule has 0 aliphatic carbocycles. The monoisotopic (exact) mass is 253 g/mol. The molecule has 0 aliphatic heterocycles. The molecule has 1 N–H and O–H groups in total. The fourth-order valence-electron chi connectivity index (χ4n) is 1.64. The van der Waals surface area contributed by atoms with Gasteiger partial charge in [0.25, 0.3) is 5.91 Å². The van der Waals surface area contributed by atoms with Gasteiger partial charge in [-0.15, -0.1) is 0 Å². The zero-order valence-corrected chi connectivity index (χ0v) is 10.8. The number of hydrogen-bond acceptors (Lipinski definition) is 2. The first-order chi connectivity index (χ1) is 9.10. The first-order valence-electron chi connectivity index (χ1n) is 5.82. The Morgan fingerprint density at radius 1 is 1.32 bits per heavy atom. The van der Waals surface area contributed by atoms with Crippen molar-refractivity contribution in [2.24, 2.45) is 7.05 Å². The van der Waals surface area contributed by atoms with Gasteiger partial charge in [-0.05, 0) is 23.3 Å². The highest BCUT2D eigenvalue weighted by Gasteiger charge is 2.07. The standard InChI is InChI=1S/C15H15N3O/c1-4-11(2)12-5-7-13(8-6-12)15(19)17-14-9-16-18(3)10-14/h4-10H,1-2H2,3H3,(H,17,19). The Kier molecular flexibility index (Phi) is 3.61. The van der Waals surface area contributed by atoms with Gasteiger partial charge in [-0.1, -0.05) is 31.4 Å². The largest absolute Gasteiger partial charge is 0.319 e. The maximum Gasteiger partial charge on any atom is 0.255 e. The number of allylic oxidation sites excluding steroid dienone is 2. The van der Waals surface area contributed by atoms with Crippen molar-refractivity contribution in [3.05, 3.63) is 67.0 Å². The minimum atomic E-state index is -0.163. The molecule has 0 unspecified atom stereocenters. The smallest absolute Gasteiger partial charge is 0.255 e. The number of nitrogens with zero attached hydrogens (tertiary/aromatic N) is 2. The van der Waals surface area contributed by atoms with Crippen LogP contribution in [-0.2, 0) is 7.05 Å². The predicted octanol–water partition coefficient (Wildman–Crippen LogP) is 2.87. The second-order valence-electron chi connectivity index (χ2n) is 4.16. The third-order valence-corrected chi connectivity index (χ3v) is 2.73. The molecule has 0 atom stereocenters. The fourth-order valence-corrected chi connectivity index (χ4v) is 1.64. The highest BCUT2D eigenvalue weighted by molar-refractivity contribution is 6.04. The molecule has 4 heteroatoms. The number of carbonyl (C=O) groups is 1. The van der Waals surface area contributed by atoms with E-state index in [0.29, 0.717) is 11.3 Å². The van der Waals surface area contributed by atoms with Crippen LogP contribution in [0.4, 0.5) is 5.69 Å². The maximum atomic E-state index is 12.0. The summed E-state index contributed by atoms with van der Waals surface area (Å²) in [5.41, 5.74) is 3.05. The Balaban J connectivity index is 2.11. The van der Waals surface area contributed by atoms with Gasteiger partial charge in [0.1, 0.15) is 0 Å². The molecule has 0 fully saturated rings. The van der Waals surface area contributed by atoms with E-state index in [4.69, 9.17) is 0 Å². The zero-order valence-electron chi connectivity index (χ0n) is 10.8. The van der Waals surface area contributed by atoms with Gasteiger partial charge < -0.3 is 5.32 Å². The molecule has 0 radical (unpaired) electrons. The van der Waals surface area contributed by atoms with E-state index in [1.807, 2.05) is 12.1 Å². The quantitative estimate of drug-likeness (QED) is 0.852. The van der Waals surface area contributed by atoms with Crippen molar-refractivity contribution in [1.82, 2.24) is 9.78 Å². The Bertz CT molecular complexity index is 623. The van der Waals surface area contributed by atoms with E-state index in [0.717, 1.165) is 11.1 Å². The second-order valence-corrected chi connectivity index (χ2v) is 4.16. The summed E-state index contributed by atoms with van der Waals surface area (Å²) in [6.45, 7) is 7.52. The molecular formula is C15H15N3O. The van der Waals surface area contributed by atoms with Crippen molar-refractivity contribution in [2.75, 3.05) is 5.32 Å². The zero-order chi connectivity index (χ0) is 13.8. The number of carbonyl (C=O) groups excluding carboxylic acids is 1. The maximum absolute atomic E-state index is 12.0. The van der Waals surface area contributed by atoms with E-state index in [2.05, 4.69) is 23.6 Å². The lowest BCUT2D eigenvalue weighted by Crippen LogP contribution is -2.11. The van der Waals surface area contributed by atoms with Gasteiger partial charge >= 0.3 is 0 Å². The van der Waals surface area contributed by atoms with E-state index in [9.17, 15) is 4.79 Å². The van der Waals surface area contributed by atoms with E-state index in [1.54, 1.807) is 42.3 Å². The minimum Gasteiger partial charge on any atom is -0.319 e. The van der Waals surface area contributed by atoms with Crippen molar-refractivity contribution < 1.29 is 4.79 Å². The van der Waals surface area contributed by atoms with Gasteiger partial charge in [0.15, 0.2) is 0 Å². The van der Waals surface area contributed by atoms with E-state index < -0.39 is 0 Å². The number of anilines is 1. The molecule has 2 aromatic rings. The Labute approximate surface area is 112 Å². The number of hydrogen-bond donors (Lipinski definition) is 1. The van der Waals surface area contributed by atoms with Crippen LogP contribution >= 0.6 is 0 Å². The first kappa shape index (κ1) is 12.8. The topological polar surface area (TPSA) is 46.9 Å². The van der Waals surface area contributed by atoms with Crippen molar-refractivity contribution in [2.45, 2.75) is 0 Å². The summed E-state index contributed by atoms with van der Waals surface area (Å²) in [7, 11) is 1.80. The van der Waals surface area contributed by atoms with Crippen LogP contribution in [0.3, 0.4) is 0 Å². The molecule has 96 valence electrons. The summed E-state index contributed by atoms with van der Waals surface area (Å²) in [5, 5.41) is 6.77. The lowest BCUT2D eigenvalue weighted by Gasteiger charge is -2.04. The number of amides is 1. The molecule has 1 amide bonds. The average Bonchev–Trinajstić information content (AvgIpc) is 2.83. The number of rotatable bonds is 4. The molecule has 2 rings (SSSR count). The second kappa shape index (κ2) is 5.35. The highest BCUT2D eigenvalue weighted by atomic mass is 16.1. The Hall–Kier alpha value is -2.62. The molecule has 0 bridgehead atoms. The van der Waals surface area contributed by atoms with Crippen molar-refractivity contribution >= 4 is 17.2 Å². The van der Waals surface area contributed by atoms with Crippen LogP contribution in [0.15, 0.2) is 55.9 Å². The number of benzene rings is 1. The lowest BCUT2D eigenvalue weighted by atomic mass is 10.1. The van der Waals surface area contributed by atoms with Crippen LogP contribution in [0.2, 0.25) is 0 Å². The molecule has 0 spiro atoms. The predicted molar refractivity (Wildman–Crippen MR) is 76.8 cm³/mol. The summed E-state index contributed by atoms with van der Waals surface area (Å²) in [4.78, 5) is 12.0. The summed E-state index contributed by atoms with van der Waals surface area (Å²) in [6, 6.07) is 7.22. The average molecular weight is 253 g/mol. The molecule has 1 heterocycles. The van der Waals surface area contributed by atoms with Crippen LogP contribution in [0.5, 0.6) is 0 Å². The van der Waals surface area contributed by atoms with Crippen LogP contribution in [-0.4, -0.2) is 15.7 Å². The van der Waals surface area contributed by atoms with Crippen LogP contribution in [0.1, 0.15) is 15.9 Å².